The molecule has 0 unspecified atom stereocenters. The molecule has 3 nitrogen and oxygen atoms in total. The van der Waals surface area contributed by atoms with Crippen LogP contribution in [-0.4, -0.2) is 23.2 Å². The maximum atomic E-state index is 7.28. The molecule has 0 aliphatic heterocycles. The number of nitrogens with zero attached hydrogens (tertiary/aromatic N) is 2. The molecular formula is C43H36GeIrN2O-2. The molecule has 0 bridgehead atoms. The molecule has 0 fully saturated rings. The van der Waals surface area contributed by atoms with Crippen LogP contribution in [0.2, 0.25) is 17.3 Å². The summed E-state index contributed by atoms with van der Waals surface area (Å²) >= 11 is -1.83. The molecule has 8 rings (SSSR count). The molecule has 0 N–H and O–H groups in total. The van der Waals surface area contributed by atoms with Crippen LogP contribution in [0.5, 0.6) is 0 Å². The molecule has 48 heavy (non-hydrogen) atoms. The van der Waals surface area contributed by atoms with Crippen molar-refractivity contribution in [3.05, 3.63) is 151 Å². The Bertz CT molecular complexity index is 2500. The molecule has 0 amide bonds. The summed E-state index contributed by atoms with van der Waals surface area (Å²) < 4.78 is 51.6. The molecule has 0 spiro atoms. The van der Waals surface area contributed by atoms with Gasteiger partial charge < -0.3 is 4.98 Å². The Labute approximate surface area is 307 Å². The second-order valence-corrected chi connectivity index (χ2v) is 23.2. The van der Waals surface area contributed by atoms with E-state index in [-0.39, 0.29) is 31.2 Å². The van der Waals surface area contributed by atoms with Gasteiger partial charge in [-0.3, -0.25) is 0 Å². The van der Waals surface area contributed by atoms with Crippen LogP contribution in [0.1, 0.15) is 19.4 Å². The van der Waals surface area contributed by atoms with Crippen molar-refractivity contribution in [3.8, 4) is 33.6 Å². The third-order valence-electron chi connectivity index (χ3n) is 8.28. The van der Waals surface area contributed by atoms with E-state index in [0.717, 1.165) is 44.1 Å². The number of hydrogen-bond acceptors (Lipinski definition) is 3. The van der Waals surface area contributed by atoms with Crippen LogP contribution in [0.3, 0.4) is 0 Å². The molecule has 239 valence electrons. The predicted octanol–water partition coefficient (Wildman–Crippen LogP) is 11.0. The number of fused-ring (bicyclic) bond motifs is 5. The monoisotopic (exact) mass is 869 g/mol. The van der Waals surface area contributed by atoms with E-state index < -0.39 is 27.0 Å². The standard InChI is InChI=1S/C30H24GeNO.C13H12N.Ir/c1-31(2,3)23-14-11-20(12-15-23)22-17-18-32-28(19-22)27-10-6-9-25-26-16-13-21-7-4-5-8-24(21)29(26)33-30(25)27;1-10-3-6-12(7-4-10)13-8-5-11(2)9-14-13;/h4-9,11-19H,1-3H3;3-6,8-9H,1-2H3;/q2*-1;/i;1D3,2D3;. The van der Waals surface area contributed by atoms with Crippen molar-refractivity contribution >= 4 is 50.4 Å². The second kappa shape index (κ2) is 14.0. The zero-order chi connectivity index (χ0) is 37.5. The van der Waals surface area contributed by atoms with E-state index in [1.807, 2.05) is 12.3 Å². The summed E-state index contributed by atoms with van der Waals surface area (Å²) in [6.07, 6.45) is 3.18. The largest absolute Gasteiger partial charge is 0 e. The fourth-order valence-corrected chi connectivity index (χ4v) is 8.15. The first-order valence-corrected chi connectivity index (χ1v) is 22.8. The Morgan fingerprint density at radius 2 is 1.46 bits per heavy atom. The van der Waals surface area contributed by atoms with Crippen LogP contribution < -0.4 is 4.40 Å². The first-order valence-electron chi connectivity index (χ1n) is 18.5. The van der Waals surface area contributed by atoms with E-state index in [9.17, 15) is 0 Å². The number of furan rings is 1. The number of aromatic nitrogens is 2. The molecule has 0 atom stereocenters. The third kappa shape index (κ3) is 6.93. The minimum atomic E-state index is -2.18. The van der Waals surface area contributed by atoms with Gasteiger partial charge in [-0.2, -0.15) is 0 Å². The predicted molar refractivity (Wildman–Crippen MR) is 200 cm³/mol. The van der Waals surface area contributed by atoms with Gasteiger partial charge in [0.1, 0.15) is 0 Å². The van der Waals surface area contributed by atoms with Gasteiger partial charge in [0.05, 0.1) is 0 Å². The van der Waals surface area contributed by atoms with Crippen LogP contribution in [0.25, 0.3) is 66.4 Å². The van der Waals surface area contributed by atoms with Gasteiger partial charge in [-0.25, -0.2) is 0 Å². The van der Waals surface area contributed by atoms with Crippen molar-refractivity contribution in [3.63, 3.8) is 0 Å². The summed E-state index contributed by atoms with van der Waals surface area (Å²) in [6, 6.07) is 43.8. The molecular weight excluding hydrogens is 825 g/mol. The summed E-state index contributed by atoms with van der Waals surface area (Å²) in [5, 5.41) is 4.52. The average Bonchev–Trinajstić information content (AvgIpc) is 3.54. The van der Waals surface area contributed by atoms with Crippen molar-refractivity contribution in [2.24, 2.45) is 0 Å². The number of benzene rings is 5. The van der Waals surface area contributed by atoms with E-state index in [1.54, 1.807) is 12.1 Å². The van der Waals surface area contributed by atoms with E-state index >= 15 is 0 Å². The zero-order valence-electron chi connectivity index (χ0n) is 32.8. The van der Waals surface area contributed by atoms with Crippen LogP contribution in [0, 0.1) is 25.8 Å². The van der Waals surface area contributed by atoms with E-state index in [2.05, 4.69) is 113 Å². The summed E-state index contributed by atoms with van der Waals surface area (Å²) in [5.74, 6) is 7.27. The van der Waals surface area contributed by atoms with E-state index in [4.69, 9.17) is 17.6 Å². The Morgan fingerprint density at radius 1 is 0.667 bits per heavy atom. The molecule has 3 aromatic heterocycles. The van der Waals surface area contributed by atoms with Gasteiger partial charge in [0.15, 0.2) is 0 Å². The van der Waals surface area contributed by atoms with Gasteiger partial charge in [-0.05, 0) is 23.5 Å². The van der Waals surface area contributed by atoms with Crippen molar-refractivity contribution in [2.45, 2.75) is 31.0 Å². The fraction of sp³-hybridized carbons (Fsp3) is 0.116. The average molecular weight is 868 g/mol. The van der Waals surface area contributed by atoms with E-state index in [1.165, 1.54) is 39.7 Å². The van der Waals surface area contributed by atoms with Crippen LogP contribution in [-0.2, 0) is 20.1 Å². The van der Waals surface area contributed by atoms with E-state index in [0.29, 0.717) is 11.3 Å². The van der Waals surface area contributed by atoms with Gasteiger partial charge >= 0.3 is 161 Å². The summed E-state index contributed by atoms with van der Waals surface area (Å²) in [7, 11) is 0. The van der Waals surface area contributed by atoms with Gasteiger partial charge in [-0.1, -0.05) is 49.3 Å². The summed E-state index contributed by atoms with van der Waals surface area (Å²) in [4.78, 5) is 8.77. The first kappa shape index (κ1) is 26.6. The molecule has 8 aromatic rings. The van der Waals surface area contributed by atoms with Crippen molar-refractivity contribution in [2.75, 3.05) is 0 Å². The minimum Gasteiger partial charge on any atom is 0 e. The number of hydrogen-bond donors (Lipinski definition) is 0. The second-order valence-electron chi connectivity index (χ2n) is 12.5. The van der Waals surface area contributed by atoms with Crippen molar-refractivity contribution in [1.29, 1.82) is 0 Å². The van der Waals surface area contributed by atoms with Gasteiger partial charge in [0.2, 0.25) is 0 Å². The Kier molecular flexibility index (Phi) is 7.77. The minimum absolute atomic E-state index is 0. The Balaban J connectivity index is 0.000000205. The topological polar surface area (TPSA) is 38.9 Å². The molecule has 0 saturated carbocycles. The molecule has 0 aliphatic carbocycles. The van der Waals surface area contributed by atoms with Crippen LogP contribution in [0.15, 0.2) is 132 Å². The zero-order valence-corrected chi connectivity index (χ0v) is 31.3. The number of aryl methyl sites for hydroxylation is 2. The molecule has 5 heteroatoms. The first-order chi connectivity index (χ1) is 25.2. The summed E-state index contributed by atoms with van der Waals surface area (Å²) in [6.45, 7) is -4.34. The van der Waals surface area contributed by atoms with Gasteiger partial charge in [-0.15, -0.1) is 35.4 Å². The Morgan fingerprint density at radius 3 is 2.19 bits per heavy atom. The van der Waals surface area contributed by atoms with Gasteiger partial charge in [0.25, 0.3) is 0 Å². The SMILES string of the molecule is [2H]C([2H])([2H])c1c[c-]c(-c2ccc(C([2H])([2H])[2H])cn2)cc1.[CH3][Ge]([CH3])([CH3])[c]1ccc(-c2ccnc(-c3[c-]ccc4c3oc3c5ccccc5ccc43)c2)cc1.[Ir]. The molecule has 3 heterocycles. The van der Waals surface area contributed by atoms with Crippen molar-refractivity contribution in [1.82, 2.24) is 9.97 Å². The summed E-state index contributed by atoms with van der Waals surface area (Å²) in [5.41, 5.74) is 7.44. The quantitative estimate of drug-likeness (QED) is 0.131. The maximum absolute atomic E-state index is 7.28. The normalized spacial score (nSPS) is 13.6. The van der Waals surface area contributed by atoms with Crippen LogP contribution in [0.4, 0.5) is 0 Å². The van der Waals surface area contributed by atoms with Crippen LogP contribution >= 0.6 is 0 Å². The molecule has 5 aromatic carbocycles. The third-order valence-corrected chi connectivity index (χ3v) is 12.6. The molecule has 1 radical (unpaired) electrons. The number of rotatable bonds is 4. The van der Waals surface area contributed by atoms with Gasteiger partial charge in [0, 0.05) is 34.5 Å². The maximum Gasteiger partial charge on any atom is 0 e. The Hall–Kier alpha value is -4.35. The van der Waals surface area contributed by atoms with Crippen molar-refractivity contribution < 1.29 is 32.7 Å². The smallest absolute Gasteiger partial charge is 0 e. The number of pyridine rings is 2. The molecule has 0 saturated heterocycles. The fourth-order valence-electron chi connectivity index (χ4n) is 5.71. The molecule has 0 aliphatic rings.